The van der Waals surface area contributed by atoms with E-state index < -0.39 is 0 Å². The van der Waals surface area contributed by atoms with Crippen molar-refractivity contribution < 1.29 is 0 Å². The van der Waals surface area contributed by atoms with Crippen molar-refractivity contribution in [1.82, 2.24) is 0 Å². The van der Waals surface area contributed by atoms with E-state index in [4.69, 9.17) is 0 Å². The van der Waals surface area contributed by atoms with Crippen molar-refractivity contribution in [3.8, 4) is 44.5 Å². The molecule has 1 aliphatic carbocycles. The van der Waals surface area contributed by atoms with E-state index in [0.29, 0.717) is 0 Å². The molecule has 310 valence electrons. The van der Waals surface area contributed by atoms with Crippen molar-refractivity contribution in [3.63, 3.8) is 0 Å². The third-order valence-electron chi connectivity index (χ3n) is 11.8. The zero-order valence-electron chi connectivity index (χ0n) is 36.6. The van der Waals surface area contributed by atoms with Crippen LogP contribution in [0.3, 0.4) is 0 Å². The van der Waals surface area contributed by atoms with Crippen molar-refractivity contribution in [2.24, 2.45) is 0 Å². The lowest BCUT2D eigenvalue weighted by Gasteiger charge is -2.30. The first-order valence-electron chi connectivity index (χ1n) is 22.5. The van der Waals surface area contributed by atoms with Crippen molar-refractivity contribution in [2.45, 2.75) is 26.7 Å². The molecule has 1 aliphatic rings. The number of anilines is 5. The molecule has 10 rings (SSSR count). The molecule has 0 bridgehead atoms. The molecule has 0 saturated carbocycles. The lowest BCUT2D eigenvalue weighted by Crippen LogP contribution is -2.17. The summed E-state index contributed by atoms with van der Waals surface area (Å²) in [7, 11) is 0. The molecule has 0 aromatic heterocycles. The van der Waals surface area contributed by atoms with Crippen LogP contribution in [0, 0.1) is 0 Å². The van der Waals surface area contributed by atoms with Crippen LogP contribution in [0.25, 0.3) is 50.1 Å². The topological polar surface area (TPSA) is 6.48 Å². The van der Waals surface area contributed by atoms with Crippen molar-refractivity contribution in [3.05, 3.63) is 266 Å². The molecule has 0 radical (unpaired) electrons. The van der Waals surface area contributed by atoms with Gasteiger partial charge in [0.15, 0.2) is 0 Å². The average Bonchev–Trinajstić information content (AvgIpc) is 3.39. The van der Waals surface area contributed by atoms with Gasteiger partial charge in [0.25, 0.3) is 0 Å². The van der Waals surface area contributed by atoms with E-state index in [1.807, 2.05) is 13.8 Å². The Bertz CT molecular complexity index is 2840. The Kier molecular flexibility index (Phi) is 12.8. The van der Waals surface area contributed by atoms with Gasteiger partial charge in [0.05, 0.1) is 0 Å². The number of hydrogen-bond acceptors (Lipinski definition) is 2. The summed E-state index contributed by atoms with van der Waals surface area (Å²) in [5, 5.41) is 0. The van der Waals surface area contributed by atoms with Crippen molar-refractivity contribution in [1.29, 1.82) is 0 Å². The predicted octanol–water partition coefficient (Wildman–Crippen LogP) is 17.7. The molecule has 64 heavy (non-hydrogen) atoms. The molecule has 0 saturated heterocycles. The maximum Gasteiger partial charge on any atom is 0.0462 e. The van der Waals surface area contributed by atoms with Gasteiger partial charge in [-0.15, -0.1) is 0 Å². The summed E-state index contributed by atoms with van der Waals surface area (Å²) >= 11 is 0. The minimum absolute atomic E-state index is 0.949. The highest BCUT2D eigenvalue weighted by Crippen LogP contribution is 2.40. The molecule has 2 heteroatoms. The highest BCUT2D eigenvalue weighted by molar-refractivity contribution is 5.82. The van der Waals surface area contributed by atoms with Crippen LogP contribution in [0.1, 0.15) is 32.3 Å². The highest BCUT2D eigenvalue weighted by Gasteiger charge is 2.19. The molecule has 9 aromatic carbocycles. The van der Waals surface area contributed by atoms with Crippen LogP contribution in [-0.4, -0.2) is 0 Å². The van der Waals surface area contributed by atoms with E-state index >= 15 is 0 Å². The Morgan fingerprint density at radius 2 is 0.484 bits per heavy atom. The molecule has 0 spiro atoms. The largest absolute Gasteiger partial charge is 0.314 e. The number of rotatable bonds is 11. The Morgan fingerprint density at radius 3 is 0.750 bits per heavy atom. The third-order valence-corrected chi connectivity index (χ3v) is 11.8. The first-order chi connectivity index (χ1) is 31.7. The molecule has 0 fully saturated rings. The molecule has 9 aromatic rings. The Morgan fingerprint density at radius 1 is 0.234 bits per heavy atom. The molecule has 2 nitrogen and oxygen atoms in total. The van der Waals surface area contributed by atoms with Crippen molar-refractivity contribution >= 4 is 34.0 Å². The fraction of sp³-hybridized carbons (Fsp3) is 0.0645. The fourth-order valence-corrected chi connectivity index (χ4v) is 8.54. The highest BCUT2D eigenvalue weighted by atomic mass is 15.2. The molecule has 0 atom stereocenters. The van der Waals surface area contributed by atoms with E-state index in [2.05, 4.69) is 265 Å². The van der Waals surface area contributed by atoms with Crippen LogP contribution >= 0.6 is 0 Å². The second kappa shape index (κ2) is 19.8. The summed E-state index contributed by atoms with van der Waals surface area (Å²) in [6.07, 6.45) is 6.54. The zero-order chi connectivity index (χ0) is 43.5. The SMILES string of the molecule is C1=C(c2ccccc2)CCC(N(c2ccc(-c3ccccc3)cc2)c2ccc(-c3ccc(N(c4ccc(-c5ccccc5)cc4)c4ccc(-c5ccccc5)cc4)cc3)cc2)=C1.CC. The van der Waals surface area contributed by atoms with Gasteiger partial charge in [-0.2, -0.15) is 0 Å². The van der Waals surface area contributed by atoms with E-state index in [1.165, 1.54) is 61.3 Å². The first kappa shape index (κ1) is 41.4. The first-order valence-corrected chi connectivity index (χ1v) is 22.5. The standard InChI is InChI=1S/C60H46N2.C2H6/c1-5-13-45(14-6-1)49-21-33-55(34-22-49)61(56-35-23-50(24-36-56)46-15-7-2-8-16-46)59-41-29-53(30-42-59)54-31-43-60(44-32-54)62(57-37-25-51(26-38-57)47-17-9-3-10-18-47)58-39-27-52(28-40-58)48-19-11-4-12-20-48;1-2/h1-27,29-39,41-44H,28,40H2;1-2H3. The van der Waals surface area contributed by atoms with E-state index in [0.717, 1.165) is 41.3 Å². The monoisotopic (exact) mass is 824 g/mol. The van der Waals surface area contributed by atoms with Crippen LogP contribution in [0.4, 0.5) is 28.4 Å². The Labute approximate surface area is 379 Å². The van der Waals surface area contributed by atoms with Gasteiger partial charge in [-0.25, -0.2) is 0 Å². The van der Waals surface area contributed by atoms with Crippen LogP contribution in [0.5, 0.6) is 0 Å². The third kappa shape index (κ3) is 9.28. The molecule has 0 unspecified atom stereocenters. The number of nitrogens with zero attached hydrogens (tertiary/aromatic N) is 2. The fourth-order valence-electron chi connectivity index (χ4n) is 8.54. The Hall–Kier alpha value is -7.94. The summed E-state index contributed by atoms with van der Waals surface area (Å²) in [5.74, 6) is 0. The second-order valence-corrected chi connectivity index (χ2v) is 15.7. The van der Waals surface area contributed by atoms with Crippen LogP contribution in [0.15, 0.2) is 261 Å². The van der Waals surface area contributed by atoms with E-state index in [9.17, 15) is 0 Å². The minimum atomic E-state index is 0.949. The second-order valence-electron chi connectivity index (χ2n) is 15.7. The predicted molar refractivity (Wildman–Crippen MR) is 275 cm³/mol. The maximum atomic E-state index is 2.42. The zero-order valence-corrected chi connectivity index (χ0v) is 36.6. The lowest BCUT2D eigenvalue weighted by atomic mass is 9.95. The van der Waals surface area contributed by atoms with Gasteiger partial charge >= 0.3 is 0 Å². The lowest BCUT2D eigenvalue weighted by molar-refractivity contribution is 0.930. The van der Waals surface area contributed by atoms with Gasteiger partial charge in [-0.3, -0.25) is 0 Å². The van der Waals surface area contributed by atoms with Crippen LogP contribution in [0.2, 0.25) is 0 Å². The smallest absolute Gasteiger partial charge is 0.0462 e. The van der Waals surface area contributed by atoms with Crippen LogP contribution < -0.4 is 9.80 Å². The molecule has 0 heterocycles. The van der Waals surface area contributed by atoms with Gasteiger partial charge in [0, 0.05) is 34.1 Å². The summed E-state index contributed by atoms with van der Waals surface area (Å²) in [4.78, 5) is 4.76. The summed E-state index contributed by atoms with van der Waals surface area (Å²) in [6.45, 7) is 4.00. The molecular formula is C62H52N2. The summed E-state index contributed by atoms with van der Waals surface area (Å²) < 4.78 is 0. The van der Waals surface area contributed by atoms with Gasteiger partial charge in [-0.1, -0.05) is 202 Å². The van der Waals surface area contributed by atoms with Crippen molar-refractivity contribution in [2.75, 3.05) is 9.80 Å². The average molecular weight is 825 g/mol. The maximum absolute atomic E-state index is 2.42. The van der Waals surface area contributed by atoms with Gasteiger partial charge in [0.2, 0.25) is 0 Å². The normalized spacial score (nSPS) is 12.0. The van der Waals surface area contributed by atoms with E-state index in [-0.39, 0.29) is 0 Å². The van der Waals surface area contributed by atoms with Gasteiger partial charge in [-0.05, 0) is 135 Å². The van der Waals surface area contributed by atoms with Gasteiger partial charge in [0.1, 0.15) is 0 Å². The Balaban J connectivity index is 0.00000256. The quantitative estimate of drug-likeness (QED) is 0.128. The van der Waals surface area contributed by atoms with E-state index in [1.54, 1.807) is 0 Å². The summed E-state index contributed by atoms with van der Waals surface area (Å²) in [6, 6.07) is 87.2. The number of allylic oxidation sites excluding steroid dienone is 4. The van der Waals surface area contributed by atoms with Gasteiger partial charge < -0.3 is 9.80 Å². The van der Waals surface area contributed by atoms with Crippen LogP contribution in [-0.2, 0) is 0 Å². The minimum Gasteiger partial charge on any atom is -0.314 e. The molecule has 0 aliphatic heterocycles. The molecule has 0 amide bonds. The number of benzene rings is 9. The summed E-state index contributed by atoms with van der Waals surface area (Å²) in [5.41, 5.74) is 19.1. The molecule has 0 N–H and O–H groups in total. The molecular weight excluding hydrogens is 773 g/mol. The number of hydrogen-bond donors (Lipinski definition) is 0.